The fourth-order valence-electron chi connectivity index (χ4n) is 1.43. The van der Waals surface area contributed by atoms with E-state index in [1.165, 1.54) is 5.01 Å². The van der Waals surface area contributed by atoms with Crippen LogP contribution in [0.4, 0.5) is 10.5 Å². The minimum Gasteiger partial charge on any atom is -0.409 e. The number of carbonyl (C=O) groups is 1. The number of benzene rings is 1. The van der Waals surface area contributed by atoms with Crippen LogP contribution < -0.4 is 15.9 Å². The van der Waals surface area contributed by atoms with Crippen LogP contribution in [0, 0.1) is 0 Å². The van der Waals surface area contributed by atoms with Gasteiger partial charge >= 0.3 is 6.09 Å². The Morgan fingerprint density at radius 3 is 2.53 bits per heavy atom. The van der Waals surface area contributed by atoms with Gasteiger partial charge in [-0.25, -0.2) is 15.2 Å². The lowest BCUT2D eigenvalue weighted by Crippen LogP contribution is -2.53. The van der Waals surface area contributed by atoms with E-state index in [4.69, 9.17) is 10.5 Å². The Morgan fingerprint density at radius 1 is 1.41 bits per heavy atom. The van der Waals surface area contributed by atoms with Crippen LogP contribution in [0.2, 0.25) is 0 Å². The first-order chi connectivity index (χ1) is 7.84. The predicted molar refractivity (Wildman–Crippen MR) is 67.5 cm³/mol. The van der Waals surface area contributed by atoms with Gasteiger partial charge in [0.2, 0.25) is 0 Å². The molecule has 5 nitrogen and oxygen atoms in total. The molecule has 0 saturated carbocycles. The third kappa shape index (κ3) is 3.64. The van der Waals surface area contributed by atoms with Gasteiger partial charge in [0.05, 0.1) is 5.54 Å². The van der Waals surface area contributed by atoms with Crippen molar-refractivity contribution in [3.05, 3.63) is 24.3 Å². The minimum atomic E-state index is -0.467. The zero-order valence-electron chi connectivity index (χ0n) is 10.7. The molecule has 0 unspecified atom stereocenters. The van der Waals surface area contributed by atoms with Crippen molar-refractivity contribution in [1.82, 2.24) is 10.4 Å². The molecule has 0 aliphatic heterocycles. The molecule has 17 heavy (non-hydrogen) atoms. The van der Waals surface area contributed by atoms with Crippen LogP contribution in [0.1, 0.15) is 20.8 Å². The number of amides is 1. The summed E-state index contributed by atoms with van der Waals surface area (Å²) in [6, 6.07) is 6.76. The van der Waals surface area contributed by atoms with Gasteiger partial charge in [0.15, 0.2) is 0 Å². The van der Waals surface area contributed by atoms with Crippen molar-refractivity contribution in [2.75, 3.05) is 12.8 Å². The van der Waals surface area contributed by atoms with Crippen molar-refractivity contribution in [2.45, 2.75) is 26.3 Å². The summed E-state index contributed by atoms with van der Waals surface area (Å²) in [7, 11) is 1.67. The molecule has 0 aliphatic carbocycles. The highest BCUT2D eigenvalue weighted by atomic mass is 16.6. The van der Waals surface area contributed by atoms with Crippen molar-refractivity contribution < 1.29 is 9.53 Å². The summed E-state index contributed by atoms with van der Waals surface area (Å²) in [6.07, 6.45) is -0.467. The molecule has 94 valence electrons. The fraction of sp³-hybridized carbons (Fsp3) is 0.417. The molecule has 5 heteroatoms. The lowest BCUT2D eigenvalue weighted by molar-refractivity contribution is 0.0778. The quantitative estimate of drug-likeness (QED) is 0.610. The number of nitrogens with zero attached hydrogens (tertiary/aromatic N) is 1. The van der Waals surface area contributed by atoms with Crippen LogP contribution in [0.3, 0.4) is 0 Å². The average Bonchev–Trinajstić information content (AvgIpc) is 2.15. The number of nitrogens with two attached hydrogens (primary N) is 1. The van der Waals surface area contributed by atoms with Gasteiger partial charge in [-0.2, -0.15) is 0 Å². The second-order valence-corrected chi connectivity index (χ2v) is 4.67. The molecule has 0 spiro atoms. The lowest BCUT2D eigenvalue weighted by atomic mass is 10.1. The van der Waals surface area contributed by atoms with E-state index in [-0.39, 0.29) is 5.54 Å². The van der Waals surface area contributed by atoms with E-state index in [0.29, 0.717) is 11.4 Å². The minimum absolute atomic E-state index is 0.369. The van der Waals surface area contributed by atoms with Crippen LogP contribution >= 0.6 is 0 Å². The molecule has 1 amide bonds. The van der Waals surface area contributed by atoms with Crippen molar-refractivity contribution in [3.63, 3.8) is 0 Å². The normalized spacial score (nSPS) is 11.1. The van der Waals surface area contributed by atoms with Gasteiger partial charge in [0.1, 0.15) is 5.75 Å². The lowest BCUT2D eigenvalue weighted by Gasteiger charge is -2.33. The molecule has 0 radical (unpaired) electrons. The summed E-state index contributed by atoms with van der Waals surface area (Å²) >= 11 is 0. The molecular formula is C12H19N3O2. The number of nitrogen functional groups attached to an aromatic ring is 1. The smallest absolute Gasteiger partial charge is 0.409 e. The van der Waals surface area contributed by atoms with E-state index in [1.54, 1.807) is 31.3 Å². The van der Waals surface area contributed by atoms with Crippen LogP contribution in [0.15, 0.2) is 24.3 Å². The standard InChI is InChI=1S/C12H19N3O2/c1-12(2,3)15(14-4)11(16)17-10-7-5-6-9(13)8-10/h5-8,14H,13H2,1-4H3. The number of carbonyl (C=O) groups excluding carboxylic acids is 1. The van der Waals surface area contributed by atoms with Crippen LogP contribution in [-0.2, 0) is 0 Å². The van der Waals surface area contributed by atoms with Crippen LogP contribution in [-0.4, -0.2) is 23.7 Å². The van der Waals surface area contributed by atoms with E-state index in [2.05, 4.69) is 5.43 Å². The molecule has 0 atom stereocenters. The van der Waals surface area contributed by atoms with Gasteiger partial charge in [0.25, 0.3) is 0 Å². The van der Waals surface area contributed by atoms with E-state index in [0.717, 1.165) is 0 Å². The Labute approximate surface area is 102 Å². The number of ether oxygens (including phenoxy) is 1. The molecule has 0 fully saturated rings. The SMILES string of the molecule is CNN(C(=O)Oc1cccc(N)c1)C(C)(C)C. The maximum atomic E-state index is 11.9. The van der Waals surface area contributed by atoms with Gasteiger partial charge < -0.3 is 10.5 Å². The van der Waals surface area contributed by atoms with Gasteiger partial charge in [-0.3, -0.25) is 0 Å². The number of rotatable bonds is 2. The third-order valence-electron chi connectivity index (χ3n) is 2.14. The summed E-state index contributed by atoms with van der Waals surface area (Å²) in [5.41, 5.74) is 8.60. The number of hydrogen-bond acceptors (Lipinski definition) is 4. The number of nitrogens with one attached hydrogen (secondary N) is 1. The average molecular weight is 237 g/mol. The largest absolute Gasteiger partial charge is 0.430 e. The molecule has 0 heterocycles. The highest BCUT2D eigenvalue weighted by molar-refractivity contribution is 5.71. The summed E-state index contributed by atoms with van der Waals surface area (Å²) in [4.78, 5) is 11.9. The maximum absolute atomic E-state index is 11.9. The third-order valence-corrected chi connectivity index (χ3v) is 2.14. The summed E-state index contributed by atoms with van der Waals surface area (Å²) in [6.45, 7) is 5.72. The molecule has 1 rings (SSSR count). The molecular weight excluding hydrogens is 218 g/mol. The van der Waals surface area contributed by atoms with Gasteiger partial charge in [0, 0.05) is 18.8 Å². The second kappa shape index (κ2) is 5.05. The topological polar surface area (TPSA) is 67.6 Å². The number of hydrogen-bond donors (Lipinski definition) is 2. The van der Waals surface area contributed by atoms with Crippen LogP contribution in [0.25, 0.3) is 0 Å². The van der Waals surface area contributed by atoms with Crippen molar-refractivity contribution in [2.24, 2.45) is 0 Å². The Kier molecular flexibility index (Phi) is 3.96. The van der Waals surface area contributed by atoms with Crippen LogP contribution in [0.5, 0.6) is 5.75 Å². The first-order valence-electron chi connectivity index (χ1n) is 5.39. The van der Waals surface area contributed by atoms with Crippen molar-refractivity contribution in [3.8, 4) is 5.75 Å². The summed E-state index contributed by atoms with van der Waals surface area (Å²) in [5.74, 6) is 0.430. The summed E-state index contributed by atoms with van der Waals surface area (Å²) in [5, 5.41) is 1.41. The first kappa shape index (κ1) is 13.3. The Bertz CT molecular complexity index is 399. The molecule has 0 aliphatic rings. The van der Waals surface area contributed by atoms with E-state index < -0.39 is 6.09 Å². The monoisotopic (exact) mass is 237 g/mol. The zero-order chi connectivity index (χ0) is 13.1. The second-order valence-electron chi connectivity index (χ2n) is 4.67. The van der Waals surface area contributed by atoms with E-state index in [9.17, 15) is 4.79 Å². The van der Waals surface area contributed by atoms with Gasteiger partial charge in [-0.1, -0.05) is 6.07 Å². The van der Waals surface area contributed by atoms with Gasteiger partial charge in [-0.15, -0.1) is 0 Å². The molecule has 3 N–H and O–H groups in total. The highest BCUT2D eigenvalue weighted by Crippen LogP contribution is 2.17. The fourth-order valence-corrected chi connectivity index (χ4v) is 1.43. The zero-order valence-corrected chi connectivity index (χ0v) is 10.7. The molecule has 1 aromatic rings. The highest BCUT2D eigenvalue weighted by Gasteiger charge is 2.27. The predicted octanol–water partition coefficient (Wildman–Crippen LogP) is 2.00. The Balaban J connectivity index is 2.78. The maximum Gasteiger partial charge on any atom is 0.430 e. The van der Waals surface area contributed by atoms with Crippen molar-refractivity contribution in [1.29, 1.82) is 0 Å². The summed E-state index contributed by atoms with van der Waals surface area (Å²) < 4.78 is 5.22. The molecule has 0 bridgehead atoms. The number of hydrazine groups is 1. The Hall–Kier alpha value is -1.75. The molecule has 0 saturated heterocycles. The van der Waals surface area contributed by atoms with Gasteiger partial charge in [-0.05, 0) is 32.9 Å². The Morgan fingerprint density at radius 2 is 2.06 bits per heavy atom. The van der Waals surface area contributed by atoms with E-state index >= 15 is 0 Å². The van der Waals surface area contributed by atoms with Crippen molar-refractivity contribution >= 4 is 11.8 Å². The first-order valence-corrected chi connectivity index (χ1v) is 5.39. The molecule has 1 aromatic carbocycles. The van der Waals surface area contributed by atoms with E-state index in [1.807, 2.05) is 20.8 Å². The molecule has 0 aromatic heterocycles. The number of anilines is 1.